The maximum absolute atomic E-state index is 12.8. The first-order valence-corrected chi connectivity index (χ1v) is 9.14. The highest BCUT2D eigenvalue weighted by Crippen LogP contribution is 2.28. The Labute approximate surface area is 155 Å². The van der Waals surface area contributed by atoms with Crippen molar-refractivity contribution in [1.82, 2.24) is 29.6 Å². The number of carbonyl (C=O) groups excluding carboxylic acids is 1. The third kappa shape index (κ3) is 3.13. The zero-order chi connectivity index (χ0) is 19.1. The highest BCUT2D eigenvalue weighted by molar-refractivity contribution is 5.93. The van der Waals surface area contributed by atoms with Gasteiger partial charge in [-0.1, -0.05) is 19.0 Å². The number of nitrogens with zero attached hydrogens (tertiary/aromatic N) is 5. The quantitative estimate of drug-likeness (QED) is 0.754. The van der Waals surface area contributed by atoms with Crippen LogP contribution in [-0.2, 0) is 0 Å². The fourth-order valence-corrected chi connectivity index (χ4v) is 3.37. The lowest BCUT2D eigenvalue weighted by Gasteiger charge is -2.30. The van der Waals surface area contributed by atoms with E-state index in [1.807, 2.05) is 20.8 Å². The second-order valence-electron chi connectivity index (χ2n) is 7.32. The molecule has 9 nitrogen and oxygen atoms in total. The van der Waals surface area contributed by atoms with Gasteiger partial charge in [-0.25, -0.2) is 9.50 Å². The molecule has 0 unspecified atom stereocenters. The Bertz CT molecular complexity index is 1040. The summed E-state index contributed by atoms with van der Waals surface area (Å²) in [5, 5.41) is 6.92. The summed E-state index contributed by atoms with van der Waals surface area (Å²) >= 11 is 0. The molecule has 1 aliphatic rings. The lowest BCUT2D eigenvalue weighted by atomic mass is 9.96. The fraction of sp³-hybridized carbons (Fsp3) is 0.500. The number of aryl methyl sites for hydroxylation is 1. The van der Waals surface area contributed by atoms with E-state index < -0.39 is 0 Å². The summed E-state index contributed by atoms with van der Waals surface area (Å²) in [6, 6.07) is 1.76. The van der Waals surface area contributed by atoms with Gasteiger partial charge in [-0.05, 0) is 19.8 Å². The molecule has 3 aromatic heterocycles. The standard InChI is InChI=1S/C18H22N6O3/c1-10(2)15-20-16(27-22-15)12-4-6-23(7-5-12)17(25)13-9-19-14-8-11(3)21-24(14)18(13)26/h8-10,12,21H,4-7H2,1-3H3. The van der Waals surface area contributed by atoms with Gasteiger partial charge in [0.15, 0.2) is 11.5 Å². The number of H-pyrrole nitrogens is 1. The van der Waals surface area contributed by atoms with Crippen molar-refractivity contribution < 1.29 is 9.32 Å². The van der Waals surface area contributed by atoms with Crippen molar-refractivity contribution in [3.05, 3.63) is 45.6 Å². The van der Waals surface area contributed by atoms with Crippen LogP contribution in [0.4, 0.5) is 0 Å². The van der Waals surface area contributed by atoms with Crippen molar-refractivity contribution in [3.8, 4) is 0 Å². The summed E-state index contributed by atoms with van der Waals surface area (Å²) in [4.78, 5) is 35.8. The maximum Gasteiger partial charge on any atom is 0.285 e. The monoisotopic (exact) mass is 370 g/mol. The van der Waals surface area contributed by atoms with Crippen LogP contribution in [0.15, 0.2) is 21.6 Å². The Morgan fingerprint density at radius 2 is 2.07 bits per heavy atom. The van der Waals surface area contributed by atoms with Crippen LogP contribution in [0.3, 0.4) is 0 Å². The molecule has 0 atom stereocenters. The van der Waals surface area contributed by atoms with Crippen molar-refractivity contribution in [3.63, 3.8) is 0 Å². The summed E-state index contributed by atoms with van der Waals surface area (Å²) in [5.74, 6) is 1.41. The van der Waals surface area contributed by atoms with Crippen LogP contribution in [0.2, 0.25) is 0 Å². The molecule has 1 aliphatic heterocycles. The van der Waals surface area contributed by atoms with Crippen LogP contribution in [0, 0.1) is 6.92 Å². The smallest absolute Gasteiger partial charge is 0.285 e. The number of nitrogens with one attached hydrogen (secondary N) is 1. The summed E-state index contributed by atoms with van der Waals surface area (Å²) in [5.41, 5.74) is 1.02. The van der Waals surface area contributed by atoms with Crippen molar-refractivity contribution in [2.75, 3.05) is 13.1 Å². The van der Waals surface area contributed by atoms with E-state index in [9.17, 15) is 9.59 Å². The van der Waals surface area contributed by atoms with Crippen LogP contribution in [-0.4, -0.2) is 48.6 Å². The maximum atomic E-state index is 12.8. The summed E-state index contributed by atoms with van der Waals surface area (Å²) in [7, 11) is 0. The second-order valence-corrected chi connectivity index (χ2v) is 7.32. The predicted molar refractivity (Wildman–Crippen MR) is 96.8 cm³/mol. The van der Waals surface area contributed by atoms with Gasteiger partial charge in [-0.15, -0.1) is 0 Å². The average molecular weight is 370 g/mol. The van der Waals surface area contributed by atoms with Crippen LogP contribution < -0.4 is 5.56 Å². The van der Waals surface area contributed by atoms with Gasteiger partial charge in [-0.2, -0.15) is 4.98 Å². The van der Waals surface area contributed by atoms with E-state index in [0.717, 1.165) is 18.5 Å². The third-order valence-corrected chi connectivity index (χ3v) is 4.96. The number of amides is 1. The molecule has 1 saturated heterocycles. The first-order valence-electron chi connectivity index (χ1n) is 9.14. The van der Waals surface area contributed by atoms with Gasteiger partial charge in [0.25, 0.3) is 11.5 Å². The molecule has 0 aromatic carbocycles. The zero-order valence-electron chi connectivity index (χ0n) is 15.6. The number of piperidine rings is 1. The van der Waals surface area contributed by atoms with Gasteiger partial charge in [0, 0.05) is 42.9 Å². The number of hydrogen-bond donors (Lipinski definition) is 1. The predicted octanol–water partition coefficient (Wildman–Crippen LogP) is 1.86. The number of fused-ring (bicyclic) bond motifs is 1. The van der Waals surface area contributed by atoms with Crippen molar-refractivity contribution in [2.45, 2.75) is 45.4 Å². The van der Waals surface area contributed by atoms with Gasteiger partial charge in [0.2, 0.25) is 5.89 Å². The third-order valence-electron chi connectivity index (χ3n) is 4.96. The van der Waals surface area contributed by atoms with E-state index >= 15 is 0 Å². The number of rotatable bonds is 3. The Hall–Kier alpha value is -2.97. The Kier molecular flexibility index (Phi) is 4.29. The Morgan fingerprint density at radius 1 is 1.33 bits per heavy atom. The van der Waals surface area contributed by atoms with Crippen molar-refractivity contribution in [2.24, 2.45) is 0 Å². The number of carbonyl (C=O) groups is 1. The minimum atomic E-state index is -0.376. The minimum absolute atomic E-state index is 0.0766. The normalized spacial score (nSPS) is 15.8. The molecule has 3 aromatic rings. The first kappa shape index (κ1) is 17.4. The molecule has 27 heavy (non-hydrogen) atoms. The first-order chi connectivity index (χ1) is 12.9. The van der Waals surface area contributed by atoms with E-state index in [2.05, 4.69) is 20.2 Å². The molecule has 142 valence electrons. The lowest BCUT2D eigenvalue weighted by Crippen LogP contribution is -2.40. The summed E-state index contributed by atoms with van der Waals surface area (Å²) < 4.78 is 6.69. The average Bonchev–Trinajstić information content (AvgIpc) is 3.28. The van der Waals surface area contributed by atoms with Gasteiger partial charge in [0.05, 0.1) is 0 Å². The van der Waals surface area contributed by atoms with E-state index in [1.165, 1.54) is 10.7 Å². The molecule has 9 heteroatoms. The van der Waals surface area contributed by atoms with E-state index in [-0.39, 0.29) is 28.9 Å². The Balaban J connectivity index is 1.48. The molecule has 0 bridgehead atoms. The number of aromatic nitrogens is 5. The van der Waals surface area contributed by atoms with Gasteiger partial charge < -0.3 is 9.42 Å². The van der Waals surface area contributed by atoms with Gasteiger partial charge in [0.1, 0.15) is 5.56 Å². The SMILES string of the molecule is Cc1cc2ncc(C(=O)N3CCC(c4nc(C(C)C)no4)CC3)c(=O)n2[nH]1. The van der Waals surface area contributed by atoms with Crippen molar-refractivity contribution in [1.29, 1.82) is 0 Å². The molecular formula is C18H22N6O3. The van der Waals surface area contributed by atoms with E-state index in [1.54, 1.807) is 11.0 Å². The fourth-order valence-electron chi connectivity index (χ4n) is 3.37. The molecule has 4 heterocycles. The van der Waals surface area contributed by atoms with Gasteiger partial charge >= 0.3 is 0 Å². The molecule has 0 aliphatic carbocycles. The topological polar surface area (TPSA) is 109 Å². The molecule has 1 N–H and O–H groups in total. The highest BCUT2D eigenvalue weighted by Gasteiger charge is 2.29. The number of hydrogen-bond acceptors (Lipinski definition) is 6. The summed E-state index contributed by atoms with van der Waals surface area (Å²) in [6.07, 6.45) is 2.82. The van der Waals surface area contributed by atoms with E-state index in [4.69, 9.17) is 4.52 Å². The molecule has 1 fully saturated rings. The van der Waals surface area contributed by atoms with Crippen LogP contribution in [0.5, 0.6) is 0 Å². The largest absolute Gasteiger partial charge is 0.339 e. The van der Waals surface area contributed by atoms with Crippen molar-refractivity contribution >= 4 is 11.6 Å². The highest BCUT2D eigenvalue weighted by atomic mass is 16.5. The number of aromatic amines is 1. The minimum Gasteiger partial charge on any atom is -0.339 e. The number of likely N-dealkylation sites (tertiary alicyclic amines) is 1. The molecule has 4 rings (SSSR count). The van der Waals surface area contributed by atoms with Gasteiger partial charge in [-0.3, -0.25) is 14.7 Å². The Morgan fingerprint density at radius 3 is 2.74 bits per heavy atom. The summed E-state index contributed by atoms with van der Waals surface area (Å²) in [6.45, 7) is 6.95. The molecule has 0 radical (unpaired) electrons. The van der Waals surface area contributed by atoms with Crippen LogP contribution >= 0.6 is 0 Å². The molecule has 0 saturated carbocycles. The molecule has 0 spiro atoms. The lowest BCUT2D eigenvalue weighted by molar-refractivity contribution is 0.0702. The van der Waals surface area contributed by atoms with E-state index in [0.29, 0.717) is 30.5 Å². The molecular weight excluding hydrogens is 348 g/mol. The molecule has 1 amide bonds. The zero-order valence-corrected chi connectivity index (χ0v) is 15.6. The van der Waals surface area contributed by atoms with Crippen LogP contribution in [0.25, 0.3) is 5.65 Å². The second kappa shape index (κ2) is 6.64. The van der Waals surface area contributed by atoms with Crippen LogP contribution in [0.1, 0.15) is 66.3 Å².